The summed E-state index contributed by atoms with van der Waals surface area (Å²) >= 11 is 0. The van der Waals surface area contributed by atoms with Crippen molar-refractivity contribution in [1.29, 1.82) is 0 Å². The van der Waals surface area contributed by atoms with Crippen LogP contribution in [-0.4, -0.2) is 36.9 Å². The Labute approximate surface area is 120 Å². The minimum atomic E-state index is -0.419. The van der Waals surface area contributed by atoms with Gasteiger partial charge in [-0.15, -0.1) is 0 Å². The summed E-state index contributed by atoms with van der Waals surface area (Å²) in [4.78, 5) is 28.1. The van der Waals surface area contributed by atoms with Crippen molar-refractivity contribution in [3.8, 4) is 0 Å². The summed E-state index contributed by atoms with van der Waals surface area (Å²) in [5, 5.41) is 16.5. The molecule has 3 rings (SSSR count). The van der Waals surface area contributed by atoms with Crippen LogP contribution in [0.4, 0.5) is 0 Å². The number of aliphatic hydroxyl groups excluding tert-OH is 1. The van der Waals surface area contributed by atoms with E-state index < -0.39 is 5.69 Å². The van der Waals surface area contributed by atoms with Gasteiger partial charge in [0.05, 0.1) is 18.3 Å². The van der Waals surface area contributed by atoms with Crippen LogP contribution in [0.15, 0.2) is 23.4 Å². The highest BCUT2D eigenvalue weighted by Crippen LogP contribution is 2.38. The highest BCUT2D eigenvalue weighted by Gasteiger charge is 2.36. The van der Waals surface area contributed by atoms with Gasteiger partial charge in [0.15, 0.2) is 0 Å². The summed E-state index contributed by atoms with van der Waals surface area (Å²) in [5.74, 6) is -0.192. The monoisotopic (exact) mass is 291 g/mol. The molecule has 1 amide bonds. The number of carbonyl (C=O) groups excluding carboxylic acids is 1. The van der Waals surface area contributed by atoms with Crippen LogP contribution >= 0.6 is 0 Å². The van der Waals surface area contributed by atoms with Gasteiger partial charge >= 0.3 is 5.69 Å². The predicted octanol–water partition coefficient (Wildman–Crippen LogP) is -0.322. The average molecular weight is 291 g/mol. The standard InChI is InChI=1S/C13H17N5O3/c1-18-6-8(4-15-18)11(7-2-9(19)3-7)17-12(20)10-5-14-13(21)16-10/h4-7,9,11,19H,2-3H2,1H3,(H,17,20)(H2,14,16,21)/t7?,9?,11-/m1/s1. The van der Waals surface area contributed by atoms with Crippen LogP contribution < -0.4 is 11.0 Å². The summed E-state index contributed by atoms with van der Waals surface area (Å²) < 4.78 is 1.67. The third-order valence-electron chi connectivity index (χ3n) is 3.83. The SMILES string of the molecule is Cn1cc([C@H](NC(=O)c2c[nH]c(=O)[nH]2)C2CC(O)C2)cn1. The summed E-state index contributed by atoms with van der Waals surface area (Å²) in [5.41, 5.74) is 0.659. The van der Waals surface area contributed by atoms with Gasteiger partial charge in [-0.25, -0.2) is 4.79 Å². The third-order valence-corrected chi connectivity index (χ3v) is 3.83. The molecule has 1 aliphatic carbocycles. The predicted molar refractivity (Wildman–Crippen MR) is 73.6 cm³/mol. The lowest BCUT2D eigenvalue weighted by atomic mass is 9.75. The fourth-order valence-corrected chi connectivity index (χ4v) is 2.65. The zero-order valence-electron chi connectivity index (χ0n) is 11.5. The summed E-state index contributed by atoms with van der Waals surface area (Å²) in [6.45, 7) is 0. The number of hydrogen-bond donors (Lipinski definition) is 4. The van der Waals surface area contributed by atoms with Crippen molar-refractivity contribution >= 4 is 5.91 Å². The van der Waals surface area contributed by atoms with Gasteiger partial charge in [0, 0.05) is 25.0 Å². The first-order valence-corrected chi connectivity index (χ1v) is 6.78. The van der Waals surface area contributed by atoms with Crippen LogP contribution in [0.25, 0.3) is 0 Å². The lowest BCUT2D eigenvalue weighted by Gasteiger charge is -2.37. The Kier molecular flexibility index (Phi) is 3.38. The van der Waals surface area contributed by atoms with E-state index in [9.17, 15) is 14.7 Å². The molecule has 0 spiro atoms. The van der Waals surface area contributed by atoms with E-state index in [1.54, 1.807) is 10.9 Å². The second kappa shape index (κ2) is 5.21. The molecule has 8 heteroatoms. The Balaban J connectivity index is 1.79. The molecule has 0 unspecified atom stereocenters. The van der Waals surface area contributed by atoms with Crippen LogP contribution in [-0.2, 0) is 7.05 Å². The van der Waals surface area contributed by atoms with Crippen LogP contribution in [0.3, 0.4) is 0 Å². The fourth-order valence-electron chi connectivity index (χ4n) is 2.65. The first kappa shape index (κ1) is 13.6. The molecule has 4 N–H and O–H groups in total. The highest BCUT2D eigenvalue weighted by molar-refractivity contribution is 5.92. The van der Waals surface area contributed by atoms with Crippen molar-refractivity contribution in [3.63, 3.8) is 0 Å². The molecule has 0 bridgehead atoms. The molecule has 1 aliphatic rings. The van der Waals surface area contributed by atoms with Gasteiger partial charge < -0.3 is 20.4 Å². The molecule has 0 aliphatic heterocycles. The quantitative estimate of drug-likeness (QED) is 0.617. The molecule has 1 fully saturated rings. The lowest BCUT2D eigenvalue weighted by Crippen LogP contribution is -2.41. The second-order valence-corrected chi connectivity index (χ2v) is 5.44. The van der Waals surface area contributed by atoms with E-state index in [1.165, 1.54) is 6.20 Å². The molecule has 1 saturated carbocycles. The number of imidazole rings is 1. The Morgan fingerprint density at radius 3 is 2.86 bits per heavy atom. The number of nitrogens with one attached hydrogen (secondary N) is 3. The van der Waals surface area contributed by atoms with E-state index in [-0.39, 0.29) is 29.7 Å². The van der Waals surface area contributed by atoms with Gasteiger partial charge in [0.2, 0.25) is 0 Å². The average Bonchev–Trinajstić information content (AvgIpc) is 3.01. The molecule has 1 atom stereocenters. The second-order valence-electron chi connectivity index (χ2n) is 5.44. The smallest absolute Gasteiger partial charge is 0.323 e. The number of aliphatic hydroxyl groups is 1. The first-order chi connectivity index (χ1) is 10.0. The van der Waals surface area contributed by atoms with E-state index in [4.69, 9.17) is 0 Å². The van der Waals surface area contributed by atoms with Crippen molar-refractivity contribution in [2.75, 3.05) is 0 Å². The molecule has 21 heavy (non-hydrogen) atoms. The van der Waals surface area contributed by atoms with Crippen molar-refractivity contribution < 1.29 is 9.90 Å². The van der Waals surface area contributed by atoms with Gasteiger partial charge in [-0.1, -0.05) is 0 Å². The van der Waals surface area contributed by atoms with E-state index in [1.807, 2.05) is 13.2 Å². The topological polar surface area (TPSA) is 116 Å². The van der Waals surface area contributed by atoms with Gasteiger partial charge in [0.1, 0.15) is 5.69 Å². The van der Waals surface area contributed by atoms with Gasteiger partial charge in [-0.2, -0.15) is 5.10 Å². The molecule has 8 nitrogen and oxygen atoms in total. The lowest BCUT2D eigenvalue weighted by molar-refractivity contribution is 0.0234. The fraction of sp³-hybridized carbons (Fsp3) is 0.462. The molecule has 0 saturated heterocycles. The third kappa shape index (κ3) is 2.75. The number of hydrogen-bond acceptors (Lipinski definition) is 4. The number of aryl methyl sites for hydroxylation is 1. The summed E-state index contributed by atoms with van der Waals surface area (Å²) in [6.07, 6.45) is 5.86. The zero-order valence-corrected chi connectivity index (χ0v) is 11.5. The first-order valence-electron chi connectivity index (χ1n) is 6.78. The van der Waals surface area contributed by atoms with Crippen molar-refractivity contribution in [3.05, 3.63) is 40.3 Å². The van der Waals surface area contributed by atoms with E-state index in [0.717, 1.165) is 5.56 Å². The van der Waals surface area contributed by atoms with Crippen LogP contribution in [0, 0.1) is 5.92 Å². The minimum absolute atomic E-state index is 0.166. The number of amides is 1. The molecule has 2 aromatic rings. The maximum atomic E-state index is 12.2. The van der Waals surface area contributed by atoms with Crippen molar-refractivity contribution in [1.82, 2.24) is 25.1 Å². The molecule has 2 aromatic heterocycles. The summed E-state index contributed by atoms with van der Waals surface area (Å²) in [7, 11) is 1.81. The zero-order chi connectivity index (χ0) is 15.0. The number of H-pyrrole nitrogens is 2. The molecule has 2 heterocycles. The van der Waals surface area contributed by atoms with Gasteiger partial charge in [0.25, 0.3) is 5.91 Å². The van der Waals surface area contributed by atoms with E-state index in [0.29, 0.717) is 12.8 Å². The number of nitrogens with zero attached hydrogens (tertiary/aromatic N) is 2. The maximum Gasteiger partial charge on any atom is 0.323 e. The van der Waals surface area contributed by atoms with Gasteiger partial charge in [-0.3, -0.25) is 9.48 Å². The maximum absolute atomic E-state index is 12.2. The Morgan fingerprint density at radius 2 is 2.33 bits per heavy atom. The largest absolute Gasteiger partial charge is 0.393 e. The Hall–Kier alpha value is -2.35. The van der Waals surface area contributed by atoms with Crippen molar-refractivity contribution in [2.24, 2.45) is 13.0 Å². The number of rotatable bonds is 4. The molecule has 0 aromatic carbocycles. The Morgan fingerprint density at radius 1 is 1.57 bits per heavy atom. The summed E-state index contributed by atoms with van der Waals surface area (Å²) in [6, 6.07) is -0.229. The Bertz CT molecular complexity index is 694. The minimum Gasteiger partial charge on any atom is -0.393 e. The van der Waals surface area contributed by atoms with Crippen molar-refractivity contribution in [2.45, 2.75) is 25.0 Å². The number of carbonyl (C=O) groups is 1. The molecule has 112 valence electrons. The highest BCUT2D eigenvalue weighted by atomic mass is 16.3. The molecule has 0 radical (unpaired) electrons. The van der Waals surface area contributed by atoms with E-state index >= 15 is 0 Å². The molecular formula is C13H17N5O3. The number of aromatic nitrogens is 4. The number of aromatic amines is 2. The van der Waals surface area contributed by atoms with Gasteiger partial charge in [-0.05, 0) is 18.8 Å². The van der Waals surface area contributed by atoms with Crippen LogP contribution in [0.1, 0.15) is 34.9 Å². The molecular weight excluding hydrogens is 274 g/mol. The van der Waals surface area contributed by atoms with Crippen LogP contribution in [0.2, 0.25) is 0 Å². The van der Waals surface area contributed by atoms with Crippen LogP contribution in [0.5, 0.6) is 0 Å². The normalized spacial score (nSPS) is 22.6. The van der Waals surface area contributed by atoms with E-state index in [2.05, 4.69) is 20.4 Å².